The van der Waals surface area contributed by atoms with Gasteiger partial charge in [-0.15, -0.1) is 0 Å². The van der Waals surface area contributed by atoms with Gasteiger partial charge in [0, 0.05) is 0 Å². The van der Waals surface area contributed by atoms with Crippen molar-refractivity contribution in [1.82, 2.24) is 5.32 Å². The molecule has 0 bridgehead atoms. The Hall–Kier alpha value is -1.87. The predicted molar refractivity (Wildman–Crippen MR) is 79.8 cm³/mol. The molecule has 0 aliphatic rings. The van der Waals surface area contributed by atoms with Crippen LogP contribution in [0.2, 0.25) is 0 Å². The summed E-state index contributed by atoms with van der Waals surface area (Å²) in [5.41, 5.74) is 4.25. The Balaban J connectivity index is 2.44. The molecular weight excluding hydrogens is 253 g/mol. The number of nitrogens with one attached hydrogen (secondary N) is 1. The molecule has 0 spiro atoms. The second-order valence-electron chi connectivity index (χ2n) is 4.95. The van der Waals surface area contributed by atoms with Crippen molar-refractivity contribution in [1.29, 1.82) is 0 Å². The van der Waals surface area contributed by atoms with Gasteiger partial charge in [-0.25, -0.2) is 4.39 Å². The predicted octanol–water partition coefficient (Wildman–Crippen LogP) is 3.76. The van der Waals surface area contributed by atoms with Crippen LogP contribution in [0.1, 0.15) is 28.3 Å². The summed E-state index contributed by atoms with van der Waals surface area (Å²) in [6.45, 7) is 3.95. The summed E-state index contributed by atoms with van der Waals surface area (Å²) in [5, 5.41) is 3.30. The zero-order valence-corrected chi connectivity index (χ0v) is 12.3. The van der Waals surface area contributed by atoms with E-state index in [4.69, 9.17) is 4.74 Å². The topological polar surface area (TPSA) is 21.3 Å². The molecule has 0 aliphatic heterocycles. The molecule has 0 aliphatic carbocycles. The highest BCUT2D eigenvalue weighted by atomic mass is 19.1. The molecule has 3 heteroatoms. The number of hydrogen-bond acceptors (Lipinski definition) is 2. The highest BCUT2D eigenvalue weighted by Gasteiger charge is 2.15. The first-order valence-electron chi connectivity index (χ1n) is 6.64. The second kappa shape index (κ2) is 6.06. The SMILES string of the molecule is CNC(c1ccc(OC)c(C)c1)c1ccc(F)cc1C. The van der Waals surface area contributed by atoms with Crippen molar-refractivity contribution < 1.29 is 9.13 Å². The third-order valence-corrected chi connectivity index (χ3v) is 3.58. The van der Waals surface area contributed by atoms with Crippen LogP contribution >= 0.6 is 0 Å². The Morgan fingerprint density at radius 3 is 2.35 bits per heavy atom. The Kier molecular flexibility index (Phi) is 4.40. The van der Waals surface area contributed by atoms with Crippen molar-refractivity contribution in [2.75, 3.05) is 14.2 Å². The molecule has 0 heterocycles. The lowest BCUT2D eigenvalue weighted by atomic mass is 9.94. The van der Waals surface area contributed by atoms with Crippen LogP contribution in [0.25, 0.3) is 0 Å². The van der Waals surface area contributed by atoms with Crippen molar-refractivity contribution in [2.24, 2.45) is 0 Å². The average Bonchev–Trinajstić information content (AvgIpc) is 2.42. The molecular formula is C17H20FNO. The number of halogens is 1. The van der Waals surface area contributed by atoms with Gasteiger partial charge in [-0.1, -0.05) is 18.2 Å². The Morgan fingerprint density at radius 1 is 1.05 bits per heavy atom. The molecule has 2 rings (SSSR count). The first-order chi connectivity index (χ1) is 9.56. The zero-order valence-electron chi connectivity index (χ0n) is 12.3. The second-order valence-corrected chi connectivity index (χ2v) is 4.95. The molecule has 1 unspecified atom stereocenters. The number of aryl methyl sites for hydroxylation is 2. The Morgan fingerprint density at radius 2 is 1.80 bits per heavy atom. The highest BCUT2D eigenvalue weighted by molar-refractivity contribution is 5.42. The fraction of sp³-hybridized carbons (Fsp3) is 0.294. The van der Waals surface area contributed by atoms with Crippen LogP contribution < -0.4 is 10.1 Å². The van der Waals surface area contributed by atoms with E-state index in [2.05, 4.69) is 11.4 Å². The molecule has 1 N–H and O–H groups in total. The van der Waals surface area contributed by atoms with E-state index in [-0.39, 0.29) is 11.9 Å². The van der Waals surface area contributed by atoms with E-state index in [1.807, 2.05) is 39.1 Å². The van der Waals surface area contributed by atoms with Crippen LogP contribution in [0, 0.1) is 19.7 Å². The van der Waals surface area contributed by atoms with Crippen molar-refractivity contribution in [3.63, 3.8) is 0 Å². The minimum atomic E-state index is -0.202. The summed E-state index contributed by atoms with van der Waals surface area (Å²) in [7, 11) is 3.58. The largest absolute Gasteiger partial charge is 0.496 e. The van der Waals surface area contributed by atoms with Gasteiger partial charge in [0.1, 0.15) is 11.6 Å². The maximum atomic E-state index is 13.2. The monoisotopic (exact) mass is 273 g/mol. The third-order valence-electron chi connectivity index (χ3n) is 3.58. The normalized spacial score (nSPS) is 12.2. The van der Waals surface area contributed by atoms with E-state index in [1.54, 1.807) is 13.2 Å². The van der Waals surface area contributed by atoms with E-state index in [1.165, 1.54) is 6.07 Å². The van der Waals surface area contributed by atoms with Crippen LogP contribution in [0.5, 0.6) is 5.75 Å². The van der Waals surface area contributed by atoms with Gasteiger partial charge in [0.25, 0.3) is 0 Å². The smallest absolute Gasteiger partial charge is 0.123 e. The summed E-state index contributed by atoms with van der Waals surface area (Å²) >= 11 is 0. The Labute approximate surface area is 119 Å². The van der Waals surface area contributed by atoms with E-state index < -0.39 is 0 Å². The number of ether oxygens (including phenoxy) is 1. The van der Waals surface area contributed by atoms with Gasteiger partial charge in [0.15, 0.2) is 0 Å². The first-order valence-corrected chi connectivity index (χ1v) is 6.64. The molecule has 2 aromatic carbocycles. The fourth-order valence-corrected chi connectivity index (χ4v) is 2.55. The van der Waals surface area contributed by atoms with Crippen LogP contribution in [-0.2, 0) is 0 Å². The minimum absolute atomic E-state index is 0.0419. The van der Waals surface area contributed by atoms with Crippen LogP contribution in [0.4, 0.5) is 4.39 Å². The molecule has 106 valence electrons. The van der Waals surface area contributed by atoms with Gasteiger partial charge in [-0.3, -0.25) is 0 Å². The molecule has 2 aromatic rings. The van der Waals surface area contributed by atoms with Gasteiger partial charge in [0.2, 0.25) is 0 Å². The highest BCUT2D eigenvalue weighted by Crippen LogP contribution is 2.28. The Bertz CT molecular complexity index is 610. The molecule has 20 heavy (non-hydrogen) atoms. The van der Waals surface area contributed by atoms with E-state index in [9.17, 15) is 4.39 Å². The van der Waals surface area contributed by atoms with Crippen molar-refractivity contribution in [3.05, 3.63) is 64.5 Å². The van der Waals surface area contributed by atoms with Gasteiger partial charge in [0.05, 0.1) is 13.2 Å². The average molecular weight is 273 g/mol. The van der Waals surface area contributed by atoms with Crippen molar-refractivity contribution in [3.8, 4) is 5.75 Å². The lowest BCUT2D eigenvalue weighted by Crippen LogP contribution is -2.19. The number of hydrogen-bond donors (Lipinski definition) is 1. The summed E-state index contributed by atoms with van der Waals surface area (Å²) < 4.78 is 18.5. The lowest BCUT2D eigenvalue weighted by Gasteiger charge is -2.20. The maximum absolute atomic E-state index is 13.2. The summed E-state index contributed by atoms with van der Waals surface area (Å²) in [5.74, 6) is 0.673. The third kappa shape index (κ3) is 2.83. The van der Waals surface area contributed by atoms with Gasteiger partial charge in [-0.05, 0) is 61.3 Å². The number of methoxy groups -OCH3 is 1. The summed E-state index contributed by atoms with van der Waals surface area (Å²) in [4.78, 5) is 0. The summed E-state index contributed by atoms with van der Waals surface area (Å²) in [6.07, 6.45) is 0. The quantitative estimate of drug-likeness (QED) is 0.915. The molecule has 0 aromatic heterocycles. The molecule has 0 fully saturated rings. The van der Waals surface area contributed by atoms with E-state index >= 15 is 0 Å². The maximum Gasteiger partial charge on any atom is 0.123 e. The molecule has 2 nitrogen and oxygen atoms in total. The van der Waals surface area contributed by atoms with Crippen LogP contribution in [0.3, 0.4) is 0 Å². The minimum Gasteiger partial charge on any atom is -0.496 e. The molecule has 0 radical (unpaired) electrons. The molecule has 0 saturated carbocycles. The lowest BCUT2D eigenvalue weighted by molar-refractivity contribution is 0.411. The summed E-state index contributed by atoms with van der Waals surface area (Å²) in [6, 6.07) is 11.1. The number of rotatable bonds is 4. The van der Waals surface area contributed by atoms with Crippen LogP contribution in [0.15, 0.2) is 36.4 Å². The van der Waals surface area contributed by atoms with Crippen molar-refractivity contribution in [2.45, 2.75) is 19.9 Å². The van der Waals surface area contributed by atoms with Gasteiger partial charge >= 0.3 is 0 Å². The molecule has 0 saturated heterocycles. The number of benzene rings is 2. The molecule has 0 amide bonds. The van der Waals surface area contributed by atoms with Crippen molar-refractivity contribution >= 4 is 0 Å². The van der Waals surface area contributed by atoms with E-state index in [0.717, 1.165) is 28.0 Å². The van der Waals surface area contributed by atoms with Crippen LogP contribution in [-0.4, -0.2) is 14.2 Å². The van der Waals surface area contributed by atoms with Gasteiger partial charge in [-0.2, -0.15) is 0 Å². The molecule has 1 atom stereocenters. The first kappa shape index (κ1) is 14.5. The van der Waals surface area contributed by atoms with Gasteiger partial charge < -0.3 is 10.1 Å². The zero-order chi connectivity index (χ0) is 14.7. The fourth-order valence-electron chi connectivity index (χ4n) is 2.55. The standard InChI is InChI=1S/C17H20FNO/c1-11-10-14(18)6-7-15(11)17(19-3)13-5-8-16(20-4)12(2)9-13/h5-10,17,19H,1-4H3. The van der Waals surface area contributed by atoms with E-state index in [0.29, 0.717) is 0 Å².